The smallest absolute Gasteiger partial charge is 0.407 e. The zero-order chi connectivity index (χ0) is 21.9. The molecule has 0 fully saturated rings. The number of nitrogens with one attached hydrogen (secondary N) is 2. The van der Waals surface area contributed by atoms with Crippen molar-refractivity contribution in [3.63, 3.8) is 0 Å². The van der Waals surface area contributed by atoms with E-state index in [4.69, 9.17) is 10.5 Å². The molecule has 0 aliphatic carbocycles. The van der Waals surface area contributed by atoms with Gasteiger partial charge in [0.25, 0.3) is 0 Å². The van der Waals surface area contributed by atoms with Gasteiger partial charge in [0.05, 0.1) is 12.5 Å². The van der Waals surface area contributed by atoms with Crippen molar-refractivity contribution < 1.29 is 28.6 Å². The maximum absolute atomic E-state index is 13.3. The van der Waals surface area contributed by atoms with E-state index in [9.17, 15) is 23.9 Å². The van der Waals surface area contributed by atoms with Crippen LogP contribution in [-0.2, 0) is 27.4 Å². The van der Waals surface area contributed by atoms with Crippen molar-refractivity contribution in [1.29, 1.82) is 0 Å². The van der Waals surface area contributed by atoms with E-state index < -0.39 is 35.9 Å². The molecule has 0 heterocycles. The Kier molecular flexibility index (Phi) is 8.76. The molecule has 9 heteroatoms. The highest BCUT2D eigenvalue weighted by Gasteiger charge is 2.21. The van der Waals surface area contributed by atoms with Crippen LogP contribution in [-0.4, -0.2) is 41.7 Å². The van der Waals surface area contributed by atoms with Crippen molar-refractivity contribution in [1.82, 2.24) is 10.6 Å². The zero-order valence-corrected chi connectivity index (χ0v) is 16.2. The number of nitrogens with two attached hydrogens (primary N) is 1. The lowest BCUT2D eigenvalue weighted by Crippen LogP contribution is -2.47. The Hall–Kier alpha value is -3.46. The van der Waals surface area contributed by atoms with Gasteiger partial charge < -0.3 is 26.2 Å². The monoisotopic (exact) mass is 417 g/mol. The Morgan fingerprint density at radius 2 is 1.77 bits per heavy atom. The predicted octanol–water partition coefficient (Wildman–Crippen LogP) is 1.02. The van der Waals surface area contributed by atoms with Crippen LogP contribution in [0.4, 0.5) is 9.18 Å². The maximum Gasteiger partial charge on any atom is 0.407 e. The van der Waals surface area contributed by atoms with Gasteiger partial charge in [-0.2, -0.15) is 0 Å². The van der Waals surface area contributed by atoms with E-state index in [0.29, 0.717) is 5.56 Å². The molecule has 0 aromatic heterocycles. The summed E-state index contributed by atoms with van der Waals surface area (Å²) in [6.07, 6.45) is -2.29. The molecule has 0 unspecified atom stereocenters. The summed E-state index contributed by atoms with van der Waals surface area (Å²) < 4.78 is 18.3. The maximum atomic E-state index is 13.3. The summed E-state index contributed by atoms with van der Waals surface area (Å²) in [6.45, 7) is -0.143. The number of aliphatic hydroxyl groups is 1. The first-order chi connectivity index (χ1) is 14.3. The van der Waals surface area contributed by atoms with Gasteiger partial charge in [-0.15, -0.1) is 0 Å². The lowest BCUT2D eigenvalue weighted by Gasteiger charge is -2.17. The summed E-state index contributed by atoms with van der Waals surface area (Å²) in [5.41, 5.74) is 6.60. The van der Waals surface area contributed by atoms with Crippen LogP contribution >= 0.6 is 0 Å². The molecule has 30 heavy (non-hydrogen) atoms. The number of hydrogen-bond acceptors (Lipinski definition) is 5. The summed E-state index contributed by atoms with van der Waals surface area (Å²) >= 11 is 0. The summed E-state index contributed by atoms with van der Waals surface area (Å²) in [6, 6.07) is 13.6. The van der Waals surface area contributed by atoms with Crippen molar-refractivity contribution in [3.8, 4) is 0 Å². The summed E-state index contributed by atoms with van der Waals surface area (Å²) in [5, 5.41) is 14.7. The largest absolute Gasteiger partial charge is 0.445 e. The van der Waals surface area contributed by atoms with Crippen molar-refractivity contribution >= 4 is 17.9 Å². The molecule has 3 amide bonds. The number of primary amides is 1. The minimum Gasteiger partial charge on any atom is -0.445 e. The second-order valence-corrected chi connectivity index (χ2v) is 6.66. The Balaban J connectivity index is 1.73. The molecule has 2 rings (SSSR count). The van der Waals surface area contributed by atoms with Crippen LogP contribution in [0, 0.1) is 5.82 Å². The van der Waals surface area contributed by atoms with Crippen molar-refractivity contribution in [2.75, 3.05) is 6.54 Å². The molecule has 2 atom stereocenters. The second-order valence-electron chi connectivity index (χ2n) is 6.66. The van der Waals surface area contributed by atoms with E-state index in [1.807, 2.05) is 18.2 Å². The third kappa shape index (κ3) is 8.27. The van der Waals surface area contributed by atoms with E-state index in [1.165, 1.54) is 18.2 Å². The van der Waals surface area contributed by atoms with E-state index in [0.717, 1.165) is 5.56 Å². The minimum absolute atomic E-state index is 0.0129. The van der Waals surface area contributed by atoms with Crippen LogP contribution in [0.5, 0.6) is 0 Å². The lowest BCUT2D eigenvalue weighted by atomic mass is 10.0. The van der Waals surface area contributed by atoms with Crippen LogP contribution < -0.4 is 16.4 Å². The SMILES string of the molecule is NC(=O)[C@H](Cc1cccc(F)c1)NC(=O)C[C@@H](O)CNC(=O)OCc1ccccc1. The number of alkyl carbamates (subject to hydrolysis) is 1. The minimum atomic E-state index is -1.20. The van der Waals surface area contributed by atoms with E-state index in [2.05, 4.69) is 10.6 Å². The Morgan fingerprint density at radius 3 is 2.43 bits per heavy atom. The molecule has 0 spiro atoms. The van der Waals surface area contributed by atoms with Crippen LogP contribution in [0.15, 0.2) is 54.6 Å². The number of carbonyl (C=O) groups is 3. The number of hydrogen-bond donors (Lipinski definition) is 4. The summed E-state index contributed by atoms with van der Waals surface area (Å²) in [7, 11) is 0. The Bertz CT molecular complexity index is 863. The standard InChI is InChI=1S/C21H24FN3O5/c22-16-8-4-7-15(9-16)10-18(20(23)28)25-19(27)11-17(26)12-24-21(29)30-13-14-5-2-1-3-6-14/h1-9,17-18,26H,10-13H2,(H2,23,28)(H,24,29)(H,25,27)/t17-,18+/m1/s1. The molecule has 0 radical (unpaired) electrons. The average Bonchev–Trinajstić information content (AvgIpc) is 2.71. The number of carbonyl (C=O) groups excluding carboxylic acids is 3. The lowest BCUT2D eigenvalue weighted by molar-refractivity contribution is -0.128. The molecule has 0 saturated carbocycles. The number of ether oxygens (including phenoxy) is 1. The summed E-state index contributed by atoms with van der Waals surface area (Å²) in [5.74, 6) is -1.89. The van der Waals surface area contributed by atoms with Gasteiger partial charge in [-0.05, 0) is 23.3 Å². The van der Waals surface area contributed by atoms with Crippen molar-refractivity contribution in [2.45, 2.75) is 31.6 Å². The first-order valence-corrected chi connectivity index (χ1v) is 9.29. The van der Waals surface area contributed by atoms with E-state index in [1.54, 1.807) is 18.2 Å². The van der Waals surface area contributed by atoms with E-state index in [-0.39, 0.29) is 26.0 Å². The van der Waals surface area contributed by atoms with Gasteiger partial charge in [-0.3, -0.25) is 9.59 Å². The zero-order valence-electron chi connectivity index (χ0n) is 16.2. The van der Waals surface area contributed by atoms with Crippen LogP contribution in [0.2, 0.25) is 0 Å². The second kappa shape index (κ2) is 11.5. The molecule has 0 bridgehead atoms. The highest BCUT2D eigenvalue weighted by Crippen LogP contribution is 2.07. The summed E-state index contributed by atoms with van der Waals surface area (Å²) in [4.78, 5) is 35.3. The van der Waals surface area contributed by atoms with Gasteiger partial charge in [0, 0.05) is 13.0 Å². The van der Waals surface area contributed by atoms with Gasteiger partial charge in [-0.25, -0.2) is 9.18 Å². The fourth-order valence-corrected chi connectivity index (χ4v) is 2.64. The third-order valence-electron chi connectivity index (χ3n) is 4.12. The Labute approximate surface area is 173 Å². The molecule has 2 aromatic rings. The molecule has 5 N–H and O–H groups in total. The molecule has 0 saturated heterocycles. The molecule has 8 nitrogen and oxygen atoms in total. The highest BCUT2D eigenvalue weighted by molar-refractivity contribution is 5.87. The normalized spacial score (nSPS) is 12.5. The predicted molar refractivity (Wildman–Crippen MR) is 106 cm³/mol. The average molecular weight is 417 g/mol. The van der Waals surface area contributed by atoms with Crippen LogP contribution in [0.3, 0.4) is 0 Å². The molecule has 0 aliphatic rings. The molecular formula is C21H24FN3O5. The third-order valence-corrected chi connectivity index (χ3v) is 4.12. The first kappa shape index (κ1) is 22.8. The number of benzene rings is 2. The Morgan fingerprint density at radius 1 is 1.07 bits per heavy atom. The molecule has 160 valence electrons. The van der Waals surface area contributed by atoms with Crippen molar-refractivity contribution in [2.24, 2.45) is 5.73 Å². The van der Waals surface area contributed by atoms with Crippen LogP contribution in [0.1, 0.15) is 17.5 Å². The first-order valence-electron chi connectivity index (χ1n) is 9.29. The van der Waals surface area contributed by atoms with Gasteiger partial charge in [0.15, 0.2) is 0 Å². The number of rotatable bonds is 10. The van der Waals surface area contributed by atoms with Gasteiger partial charge in [0.2, 0.25) is 11.8 Å². The van der Waals surface area contributed by atoms with Crippen molar-refractivity contribution in [3.05, 3.63) is 71.5 Å². The fourth-order valence-electron chi connectivity index (χ4n) is 2.64. The number of halogens is 1. The number of aliphatic hydroxyl groups excluding tert-OH is 1. The number of amides is 3. The quantitative estimate of drug-likeness (QED) is 0.458. The molecule has 0 aliphatic heterocycles. The molecule has 2 aromatic carbocycles. The molecular weight excluding hydrogens is 393 g/mol. The van der Waals surface area contributed by atoms with E-state index >= 15 is 0 Å². The topological polar surface area (TPSA) is 131 Å². The van der Waals surface area contributed by atoms with Gasteiger partial charge in [0.1, 0.15) is 18.5 Å². The van der Waals surface area contributed by atoms with Gasteiger partial charge >= 0.3 is 6.09 Å². The van der Waals surface area contributed by atoms with Gasteiger partial charge in [-0.1, -0.05) is 42.5 Å². The highest BCUT2D eigenvalue weighted by atomic mass is 19.1. The van der Waals surface area contributed by atoms with Crippen LogP contribution in [0.25, 0.3) is 0 Å². The fraction of sp³-hybridized carbons (Fsp3) is 0.286.